The molecule has 0 bridgehead atoms. The van der Waals surface area contributed by atoms with Crippen molar-refractivity contribution in [1.29, 1.82) is 0 Å². The molecule has 1 saturated carbocycles. The van der Waals surface area contributed by atoms with Crippen LogP contribution in [0, 0.1) is 5.92 Å². The summed E-state index contributed by atoms with van der Waals surface area (Å²) in [7, 11) is 0. The molecule has 1 aromatic carbocycles. The van der Waals surface area contributed by atoms with Crippen molar-refractivity contribution in [2.24, 2.45) is 5.92 Å². The van der Waals surface area contributed by atoms with Crippen LogP contribution in [-0.4, -0.2) is 17.5 Å². The van der Waals surface area contributed by atoms with Gasteiger partial charge in [0.25, 0.3) is 0 Å². The molecule has 1 aliphatic carbocycles. The SMILES string of the molecule is CC1CCCC1N1CCc2c(N)cccc2C1. The van der Waals surface area contributed by atoms with E-state index in [1.54, 1.807) is 0 Å². The van der Waals surface area contributed by atoms with Crippen molar-refractivity contribution in [2.45, 2.75) is 45.2 Å². The van der Waals surface area contributed by atoms with Crippen molar-refractivity contribution < 1.29 is 0 Å². The predicted octanol–water partition coefficient (Wildman–Crippen LogP) is 2.82. The number of hydrogen-bond donors (Lipinski definition) is 1. The number of benzene rings is 1. The van der Waals surface area contributed by atoms with Crippen LogP contribution in [-0.2, 0) is 13.0 Å². The minimum atomic E-state index is 0.810. The molecule has 2 unspecified atom stereocenters. The van der Waals surface area contributed by atoms with E-state index in [4.69, 9.17) is 5.73 Å². The molecule has 1 aliphatic heterocycles. The highest BCUT2D eigenvalue weighted by Crippen LogP contribution is 2.33. The Balaban J connectivity index is 1.81. The molecule has 2 atom stereocenters. The van der Waals surface area contributed by atoms with E-state index >= 15 is 0 Å². The van der Waals surface area contributed by atoms with Crippen molar-refractivity contribution in [3.05, 3.63) is 29.3 Å². The highest BCUT2D eigenvalue weighted by atomic mass is 15.2. The van der Waals surface area contributed by atoms with Gasteiger partial charge >= 0.3 is 0 Å². The zero-order valence-electron chi connectivity index (χ0n) is 10.7. The molecular weight excluding hydrogens is 208 g/mol. The topological polar surface area (TPSA) is 29.3 Å². The lowest BCUT2D eigenvalue weighted by atomic mass is 9.95. The molecule has 0 spiro atoms. The molecule has 3 rings (SSSR count). The fraction of sp³-hybridized carbons (Fsp3) is 0.600. The fourth-order valence-electron chi connectivity index (χ4n) is 3.61. The summed E-state index contributed by atoms with van der Waals surface area (Å²) >= 11 is 0. The Bertz CT molecular complexity index is 413. The van der Waals surface area contributed by atoms with Gasteiger partial charge in [-0.25, -0.2) is 0 Å². The van der Waals surface area contributed by atoms with Gasteiger partial charge < -0.3 is 5.73 Å². The van der Waals surface area contributed by atoms with E-state index < -0.39 is 0 Å². The van der Waals surface area contributed by atoms with Crippen LogP contribution in [0.15, 0.2) is 18.2 Å². The number of hydrogen-bond acceptors (Lipinski definition) is 2. The summed E-state index contributed by atoms with van der Waals surface area (Å²) in [5.74, 6) is 0.873. The van der Waals surface area contributed by atoms with Crippen molar-refractivity contribution in [2.75, 3.05) is 12.3 Å². The maximum Gasteiger partial charge on any atom is 0.0350 e. The third kappa shape index (κ3) is 1.95. The molecule has 1 heterocycles. The molecule has 0 amide bonds. The zero-order valence-corrected chi connectivity index (χ0v) is 10.7. The van der Waals surface area contributed by atoms with Crippen LogP contribution in [0.25, 0.3) is 0 Å². The summed E-state index contributed by atoms with van der Waals surface area (Å²) in [6.07, 6.45) is 5.33. The molecule has 92 valence electrons. The van der Waals surface area contributed by atoms with Gasteiger partial charge in [0.05, 0.1) is 0 Å². The van der Waals surface area contributed by atoms with E-state index in [0.29, 0.717) is 0 Å². The predicted molar refractivity (Wildman–Crippen MR) is 71.8 cm³/mol. The van der Waals surface area contributed by atoms with E-state index in [0.717, 1.165) is 30.6 Å². The van der Waals surface area contributed by atoms with Crippen molar-refractivity contribution in [3.8, 4) is 0 Å². The van der Waals surface area contributed by atoms with E-state index in [1.807, 2.05) is 6.07 Å². The molecule has 1 aromatic rings. The molecule has 2 aliphatic rings. The molecule has 0 saturated heterocycles. The molecule has 0 radical (unpaired) electrons. The minimum Gasteiger partial charge on any atom is -0.398 e. The quantitative estimate of drug-likeness (QED) is 0.752. The summed E-state index contributed by atoms with van der Waals surface area (Å²) < 4.78 is 0. The molecule has 2 N–H and O–H groups in total. The third-order valence-corrected chi connectivity index (χ3v) is 4.62. The van der Waals surface area contributed by atoms with Gasteiger partial charge in [-0.15, -0.1) is 0 Å². The monoisotopic (exact) mass is 230 g/mol. The van der Waals surface area contributed by atoms with Crippen LogP contribution >= 0.6 is 0 Å². The highest BCUT2D eigenvalue weighted by molar-refractivity contribution is 5.51. The van der Waals surface area contributed by atoms with Crippen LogP contribution < -0.4 is 5.73 Å². The average molecular weight is 230 g/mol. The van der Waals surface area contributed by atoms with Gasteiger partial charge in [-0.2, -0.15) is 0 Å². The first-order valence-electron chi connectivity index (χ1n) is 6.86. The number of rotatable bonds is 1. The third-order valence-electron chi connectivity index (χ3n) is 4.62. The lowest BCUT2D eigenvalue weighted by Crippen LogP contribution is -2.40. The molecule has 2 nitrogen and oxygen atoms in total. The van der Waals surface area contributed by atoms with E-state index in [9.17, 15) is 0 Å². The first-order chi connectivity index (χ1) is 8.25. The van der Waals surface area contributed by atoms with Crippen molar-refractivity contribution in [1.82, 2.24) is 4.90 Å². The average Bonchev–Trinajstić information content (AvgIpc) is 2.75. The number of nitrogens with zero attached hydrogens (tertiary/aromatic N) is 1. The highest BCUT2D eigenvalue weighted by Gasteiger charge is 2.31. The van der Waals surface area contributed by atoms with Gasteiger partial charge in [-0.3, -0.25) is 4.90 Å². The van der Waals surface area contributed by atoms with Crippen LogP contribution in [0.3, 0.4) is 0 Å². The number of nitrogens with two attached hydrogens (primary N) is 1. The van der Waals surface area contributed by atoms with Crippen molar-refractivity contribution in [3.63, 3.8) is 0 Å². The van der Waals surface area contributed by atoms with Crippen LogP contribution in [0.5, 0.6) is 0 Å². The Morgan fingerprint density at radius 1 is 1.29 bits per heavy atom. The number of nitrogen functional groups attached to an aromatic ring is 1. The number of anilines is 1. The molecule has 2 heteroatoms. The first-order valence-corrected chi connectivity index (χ1v) is 6.86. The molecule has 0 aromatic heterocycles. The summed E-state index contributed by atoms with van der Waals surface area (Å²) in [5, 5.41) is 0. The first kappa shape index (κ1) is 11.1. The summed E-state index contributed by atoms with van der Waals surface area (Å²) in [6, 6.07) is 7.18. The smallest absolute Gasteiger partial charge is 0.0350 e. The van der Waals surface area contributed by atoms with Gasteiger partial charge in [0.2, 0.25) is 0 Å². The molecular formula is C15H22N2. The van der Waals surface area contributed by atoms with Gasteiger partial charge in [0.1, 0.15) is 0 Å². The Morgan fingerprint density at radius 3 is 2.94 bits per heavy atom. The molecule has 1 fully saturated rings. The van der Waals surface area contributed by atoms with Gasteiger partial charge in [-0.1, -0.05) is 25.5 Å². The standard InChI is InChI=1S/C15H22N2/c1-11-4-2-7-15(11)17-9-8-13-12(10-17)5-3-6-14(13)16/h3,5-6,11,15H,2,4,7-10,16H2,1H3. The minimum absolute atomic E-state index is 0.810. The largest absolute Gasteiger partial charge is 0.398 e. The van der Waals surface area contributed by atoms with Crippen molar-refractivity contribution >= 4 is 5.69 Å². The maximum atomic E-state index is 6.05. The van der Waals surface area contributed by atoms with Gasteiger partial charge in [-0.05, 0) is 42.4 Å². The Kier molecular flexibility index (Phi) is 2.83. The summed E-state index contributed by atoms with van der Waals surface area (Å²) in [5.41, 5.74) is 9.89. The lowest BCUT2D eigenvalue weighted by Gasteiger charge is -2.36. The molecule has 17 heavy (non-hydrogen) atoms. The summed E-state index contributed by atoms with van der Waals surface area (Å²) in [4.78, 5) is 2.68. The Hall–Kier alpha value is -1.02. The fourth-order valence-corrected chi connectivity index (χ4v) is 3.61. The second-order valence-corrected chi connectivity index (χ2v) is 5.68. The van der Waals surface area contributed by atoms with Crippen LogP contribution in [0.4, 0.5) is 5.69 Å². The normalized spacial score (nSPS) is 29.2. The summed E-state index contributed by atoms with van der Waals surface area (Å²) in [6.45, 7) is 4.71. The second kappa shape index (κ2) is 4.34. The second-order valence-electron chi connectivity index (χ2n) is 5.68. The van der Waals surface area contributed by atoms with Crippen LogP contribution in [0.2, 0.25) is 0 Å². The maximum absolute atomic E-state index is 6.05. The zero-order chi connectivity index (χ0) is 11.8. The van der Waals surface area contributed by atoms with Crippen LogP contribution in [0.1, 0.15) is 37.3 Å². The Labute approximate surface area is 104 Å². The Morgan fingerprint density at radius 2 is 2.18 bits per heavy atom. The van der Waals surface area contributed by atoms with E-state index in [2.05, 4.69) is 24.0 Å². The van der Waals surface area contributed by atoms with Gasteiger partial charge in [0.15, 0.2) is 0 Å². The lowest BCUT2D eigenvalue weighted by molar-refractivity contribution is 0.150. The number of fused-ring (bicyclic) bond motifs is 1. The van der Waals surface area contributed by atoms with E-state index in [-0.39, 0.29) is 0 Å². The van der Waals surface area contributed by atoms with Gasteiger partial charge in [0, 0.05) is 24.8 Å². The van der Waals surface area contributed by atoms with E-state index in [1.165, 1.54) is 36.9 Å².